The molecule has 0 aliphatic rings. The van der Waals surface area contributed by atoms with Crippen LogP contribution in [-0.4, -0.2) is 30.6 Å². The second-order valence-electron chi connectivity index (χ2n) is 4.34. The lowest BCUT2D eigenvalue weighted by atomic mass is 10.3. The molecule has 2 aromatic rings. The number of hydrogen-bond acceptors (Lipinski definition) is 6. The first-order chi connectivity index (χ1) is 10.9. The van der Waals surface area contributed by atoms with Crippen LogP contribution >= 0.6 is 34.5 Å². The van der Waals surface area contributed by atoms with Crippen molar-refractivity contribution in [1.29, 1.82) is 0 Å². The first-order valence-corrected chi connectivity index (χ1v) is 7.91. The van der Waals surface area contributed by atoms with E-state index in [0.717, 1.165) is 11.3 Å². The third kappa shape index (κ3) is 4.57. The Bertz CT molecular complexity index is 748. The Kier molecular flexibility index (Phi) is 5.81. The number of amides is 1. The van der Waals surface area contributed by atoms with Crippen LogP contribution in [0.4, 0.5) is 5.13 Å². The van der Waals surface area contributed by atoms with Gasteiger partial charge < -0.3 is 9.47 Å². The number of carbonyl (C=O) groups is 2. The van der Waals surface area contributed by atoms with Crippen LogP contribution < -0.4 is 10.1 Å². The van der Waals surface area contributed by atoms with Gasteiger partial charge in [0.1, 0.15) is 10.6 Å². The van der Waals surface area contributed by atoms with Crippen molar-refractivity contribution < 1.29 is 19.1 Å². The predicted octanol–water partition coefficient (Wildman–Crippen LogP) is 3.56. The molecule has 1 aromatic carbocycles. The quantitative estimate of drug-likeness (QED) is 0.809. The molecule has 0 aliphatic heterocycles. The van der Waals surface area contributed by atoms with E-state index in [9.17, 15) is 9.59 Å². The van der Waals surface area contributed by atoms with Gasteiger partial charge in [-0.25, -0.2) is 9.78 Å². The summed E-state index contributed by atoms with van der Waals surface area (Å²) in [6, 6.07) is 4.70. The number of methoxy groups -OCH3 is 1. The van der Waals surface area contributed by atoms with Crippen molar-refractivity contribution in [1.82, 2.24) is 4.98 Å². The van der Waals surface area contributed by atoms with E-state index < -0.39 is 11.9 Å². The van der Waals surface area contributed by atoms with Gasteiger partial charge in [0.2, 0.25) is 0 Å². The molecule has 1 amide bonds. The molecule has 2 rings (SSSR count). The number of halogens is 2. The van der Waals surface area contributed by atoms with Crippen LogP contribution in [0.5, 0.6) is 5.75 Å². The highest BCUT2D eigenvalue weighted by atomic mass is 35.5. The number of anilines is 1. The molecule has 0 spiro atoms. The third-order valence-electron chi connectivity index (χ3n) is 2.67. The molecule has 1 aromatic heterocycles. The Labute approximate surface area is 146 Å². The molecule has 1 N–H and O–H groups in total. The van der Waals surface area contributed by atoms with Gasteiger partial charge in [-0.1, -0.05) is 34.5 Å². The van der Waals surface area contributed by atoms with Crippen molar-refractivity contribution in [3.63, 3.8) is 0 Å². The first-order valence-electron chi connectivity index (χ1n) is 6.34. The van der Waals surface area contributed by atoms with Crippen molar-refractivity contribution in [2.45, 2.75) is 6.92 Å². The SMILES string of the molecule is COC(=O)c1sc(NC(=O)COc2cc(Cl)ccc2Cl)nc1C. The summed E-state index contributed by atoms with van der Waals surface area (Å²) in [5.41, 5.74) is 0.482. The standard InChI is InChI=1S/C14H12Cl2N2O4S/c1-7-12(13(20)21-2)23-14(17-7)18-11(19)6-22-10-5-8(15)3-4-9(10)16/h3-5H,6H2,1-2H3,(H,17,18,19). The fraction of sp³-hybridized carbons (Fsp3) is 0.214. The van der Waals surface area contributed by atoms with Crippen LogP contribution in [0.15, 0.2) is 18.2 Å². The average Bonchev–Trinajstić information content (AvgIpc) is 2.87. The molecule has 6 nitrogen and oxygen atoms in total. The molecular formula is C14H12Cl2N2O4S. The number of hydrogen-bond donors (Lipinski definition) is 1. The summed E-state index contributed by atoms with van der Waals surface area (Å²) >= 11 is 12.8. The minimum Gasteiger partial charge on any atom is -0.482 e. The zero-order chi connectivity index (χ0) is 17.0. The second kappa shape index (κ2) is 7.63. The number of aromatic nitrogens is 1. The second-order valence-corrected chi connectivity index (χ2v) is 6.18. The number of esters is 1. The number of nitrogens with one attached hydrogen (secondary N) is 1. The van der Waals surface area contributed by atoms with Gasteiger partial charge in [-0.05, 0) is 19.1 Å². The molecule has 0 fully saturated rings. The number of thiazole rings is 1. The van der Waals surface area contributed by atoms with Gasteiger partial charge in [-0.3, -0.25) is 10.1 Å². The van der Waals surface area contributed by atoms with Crippen LogP contribution in [0, 0.1) is 6.92 Å². The summed E-state index contributed by atoms with van der Waals surface area (Å²) < 4.78 is 9.95. The van der Waals surface area contributed by atoms with Gasteiger partial charge in [-0.2, -0.15) is 0 Å². The molecule has 1 heterocycles. The number of nitrogens with zero attached hydrogens (tertiary/aromatic N) is 1. The Morgan fingerprint density at radius 3 is 2.78 bits per heavy atom. The monoisotopic (exact) mass is 374 g/mol. The maximum Gasteiger partial charge on any atom is 0.350 e. The highest BCUT2D eigenvalue weighted by molar-refractivity contribution is 7.17. The zero-order valence-corrected chi connectivity index (χ0v) is 14.5. The molecule has 0 unspecified atom stereocenters. The summed E-state index contributed by atoms with van der Waals surface area (Å²) in [6.07, 6.45) is 0. The van der Waals surface area contributed by atoms with Crippen LogP contribution in [0.2, 0.25) is 10.0 Å². The molecule has 0 bridgehead atoms. The Morgan fingerprint density at radius 2 is 2.09 bits per heavy atom. The van der Waals surface area contributed by atoms with E-state index in [1.165, 1.54) is 13.2 Å². The van der Waals surface area contributed by atoms with E-state index in [4.69, 9.17) is 27.9 Å². The molecule has 0 radical (unpaired) electrons. The van der Waals surface area contributed by atoms with Crippen molar-refractivity contribution in [2.24, 2.45) is 0 Å². The molecule has 0 saturated carbocycles. The molecule has 0 saturated heterocycles. The van der Waals surface area contributed by atoms with E-state index in [0.29, 0.717) is 26.4 Å². The number of ether oxygens (including phenoxy) is 2. The third-order valence-corrected chi connectivity index (χ3v) is 4.27. The van der Waals surface area contributed by atoms with Crippen molar-refractivity contribution >= 4 is 51.5 Å². The summed E-state index contributed by atoms with van der Waals surface area (Å²) in [7, 11) is 1.28. The lowest BCUT2D eigenvalue weighted by molar-refractivity contribution is -0.118. The van der Waals surface area contributed by atoms with Gasteiger partial charge in [0, 0.05) is 11.1 Å². The van der Waals surface area contributed by atoms with Crippen LogP contribution in [0.25, 0.3) is 0 Å². The largest absolute Gasteiger partial charge is 0.482 e. The normalized spacial score (nSPS) is 10.3. The maximum absolute atomic E-state index is 11.9. The fourth-order valence-corrected chi connectivity index (χ4v) is 2.85. The molecule has 9 heteroatoms. The van der Waals surface area contributed by atoms with E-state index in [1.54, 1.807) is 19.1 Å². The molecule has 0 atom stereocenters. The summed E-state index contributed by atoms with van der Waals surface area (Å²) in [5.74, 6) is -0.631. The Balaban J connectivity index is 1.97. The van der Waals surface area contributed by atoms with Crippen molar-refractivity contribution in [3.05, 3.63) is 38.8 Å². The molecule has 23 heavy (non-hydrogen) atoms. The predicted molar refractivity (Wildman–Crippen MR) is 88.8 cm³/mol. The average molecular weight is 375 g/mol. The van der Waals surface area contributed by atoms with E-state index >= 15 is 0 Å². The number of rotatable bonds is 5. The van der Waals surface area contributed by atoms with E-state index in [-0.39, 0.29) is 11.7 Å². The Hall–Kier alpha value is -1.83. The van der Waals surface area contributed by atoms with Gasteiger partial charge in [0.05, 0.1) is 17.8 Å². The van der Waals surface area contributed by atoms with Crippen LogP contribution in [0.1, 0.15) is 15.4 Å². The van der Waals surface area contributed by atoms with E-state index in [2.05, 4.69) is 15.0 Å². The minimum absolute atomic E-state index is 0.272. The zero-order valence-electron chi connectivity index (χ0n) is 12.2. The van der Waals surface area contributed by atoms with Crippen LogP contribution in [0.3, 0.4) is 0 Å². The minimum atomic E-state index is -0.498. The highest BCUT2D eigenvalue weighted by Crippen LogP contribution is 2.28. The number of benzene rings is 1. The van der Waals surface area contributed by atoms with Crippen molar-refractivity contribution in [2.75, 3.05) is 19.0 Å². The highest BCUT2D eigenvalue weighted by Gasteiger charge is 2.17. The maximum atomic E-state index is 11.9. The van der Waals surface area contributed by atoms with Gasteiger partial charge in [0.15, 0.2) is 11.7 Å². The van der Waals surface area contributed by atoms with Crippen LogP contribution in [-0.2, 0) is 9.53 Å². The first kappa shape index (κ1) is 17.5. The van der Waals surface area contributed by atoms with Gasteiger partial charge >= 0.3 is 5.97 Å². The van der Waals surface area contributed by atoms with Gasteiger partial charge in [-0.15, -0.1) is 0 Å². The van der Waals surface area contributed by atoms with Crippen molar-refractivity contribution in [3.8, 4) is 5.75 Å². The summed E-state index contributed by atoms with van der Waals surface area (Å²) in [6.45, 7) is 1.38. The smallest absolute Gasteiger partial charge is 0.350 e. The molecular weight excluding hydrogens is 363 g/mol. The lowest BCUT2D eigenvalue weighted by Gasteiger charge is -2.07. The number of carbonyl (C=O) groups excluding carboxylic acids is 2. The topological polar surface area (TPSA) is 77.5 Å². The van der Waals surface area contributed by atoms with Gasteiger partial charge in [0.25, 0.3) is 5.91 Å². The summed E-state index contributed by atoms with van der Waals surface area (Å²) in [4.78, 5) is 27.8. The number of aryl methyl sites for hydroxylation is 1. The molecule has 0 aliphatic carbocycles. The van der Waals surface area contributed by atoms with E-state index in [1.807, 2.05) is 0 Å². The molecule has 122 valence electrons. The Morgan fingerprint density at radius 1 is 1.35 bits per heavy atom. The summed E-state index contributed by atoms with van der Waals surface area (Å²) in [5, 5.41) is 3.63. The fourth-order valence-electron chi connectivity index (χ4n) is 1.62. The lowest BCUT2D eigenvalue weighted by Crippen LogP contribution is -2.20.